The molecule has 0 atom stereocenters. The van der Waals surface area contributed by atoms with Crippen molar-refractivity contribution in [1.29, 1.82) is 0 Å². The molecule has 1 fully saturated rings. The third kappa shape index (κ3) is 4.73. The van der Waals surface area contributed by atoms with E-state index in [-0.39, 0.29) is 18.2 Å². The minimum absolute atomic E-state index is 0.0990. The summed E-state index contributed by atoms with van der Waals surface area (Å²) in [5.41, 5.74) is 4.28. The first-order valence-corrected chi connectivity index (χ1v) is 10.2. The molecule has 158 valence electrons. The maximum absolute atomic E-state index is 13.0. The molecular formula is C24H23N3O4. The van der Waals surface area contributed by atoms with E-state index in [2.05, 4.69) is 5.32 Å². The standard InChI is InChI=1S/C24H23N3O4/c28-22(18-4-2-1-3-5-18)20-12-13-21(27(20)15-17-6-7-17)24(30)25-14-16-8-10-19(11-9-16)23(29)26-31/h1-5,8-13,17,31H,6-7,14-15H2,(H,25,30)(H,26,29). The zero-order chi connectivity index (χ0) is 21.8. The highest BCUT2D eigenvalue weighted by atomic mass is 16.5. The van der Waals surface area contributed by atoms with Gasteiger partial charge < -0.3 is 9.88 Å². The number of hydrogen-bond acceptors (Lipinski definition) is 4. The van der Waals surface area contributed by atoms with Gasteiger partial charge in [0.2, 0.25) is 5.78 Å². The van der Waals surface area contributed by atoms with Gasteiger partial charge in [0.1, 0.15) is 5.69 Å². The second-order valence-corrected chi connectivity index (χ2v) is 7.67. The van der Waals surface area contributed by atoms with E-state index < -0.39 is 5.91 Å². The molecular weight excluding hydrogens is 394 g/mol. The van der Waals surface area contributed by atoms with Crippen LogP contribution in [0, 0.1) is 5.92 Å². The summed E-state index contributed by atoms with van der Waals surface area (Å²) in [6.07, 6.45) is 2.21. The van der Waals surface area contributed by atoms with E-state index in [1.54, 1.807) is 54.0 Å². The first kappa shape index (κ1) is 20.6. The van der Waals surface area contributed by atoms with E-state index >= 15 is 0 Å². The summed E-state index contributed by atoms with van der Waals surface area (Å²) >= 11 is 0. The molecule has 1 aliphatic rings. The van der Waals surface area contributed by atoms with Gasteiger partial charge in [-0.3, -0.25) is 19.6 Å². The lowest BCUT2D eigenvalue weighted by Crippen LogP contribution is -2.27. The number of ketones is 1. The second kappa shape index (κ2) is 8.97. The Morgan fingerprint density at radius 2 is 1.52 bits per heavy atom. The van der Waals surface area contributed by atoms with Crippen LogP contribution in [0.4, 0.5) is 0 Å². The Hall–Kier alpha value is -3.71. The van der Waals surface area contributed by atoms with Gasteiger partial charge >= 0.3 is 0 Å². The fourth-order valence-corrected chi connectivity index (χ4v) is 3.47. The molecule has 2 amide bonds. The summed E-state index contributed by atoms with van der Waals surface area (Å²) in [4.78, 5) is 37.3. The number of carbonyl (C=O) groups is 3. The molecule has 0 radical (unpaired) electrons. The maximum atomic E-state index is 13.0. The van der Waals surface area contributed by atoms with E-state index in [0.29, 0.717) is 35.0 Å². The second-order valence-electron chi connectivity index (χ2n) is 7.67. The van der Waals surface area contributed by atoms with Crippen LogP contribution < -0.4 is 10.8 Å². The Morgan fingerprint density at radius 1 is 0.839 bits per heavy atom. The smallest absolute Gasteiger partial charge is 0.274 e. The van der Waals surface area contributed by atoms with Gasteiger partial charge in [-0.1, -0.05) is 42.5 Å². The molecule has 1 heterocycles. The monoisotopic (exact) mass is 417 g/mol. The van der Waals surface area contributed by atoms with Crippen molar-refractivity contribution in [3.63, 3.8) is 0 Å². The molecule has 1 saturated carbocycles. The zero-order valence-electron chi connectivity index (χ0n) is 16.9. The SMILES string of the molecule is O=C(NO)c1ccc(CNC(=O)c2ccc(C(=O)c3ccccc3)n2CC2CC2)cc1. The molecule has 31 heavy (non-hydrogen) atoms. The number of benzene rings is 2. The number of rotatable bonds is 8. The Kier molecular flexibility index (Phi) is 5.95. The summed E-state index contributed by atoms with van der Waals surface area (Å²) in [6.45, 7) is 0.922. The normalized spacial score (nSPS) is 12.9. The molecule has 0 spiro atoms. The topological polar surface area (TPSA) is 100 Å². The van der Waals surface area contributed by atoms with Crippen molar-refractivity contribution in [2.24, 2.45) is 5.92 Å². The predicted molar refractivity (Wildman–Crippen MR) is 114 cm³/mol. The zero-order valence-corrected chi connectivity index (χ0v) is 16.9. The molecule has 7 nitrogen and oxygen atoms in total. The Labute approximate surface area is 179 Å². The maximum Gasteiger partial charge on any atom is 0.274 e. The van der Waals surface area contributed by atoms with Gasteiger partial charge in [-0.25, -0.2) is 5.48 Å². The van der Waals surface area contributed by atoms with Crippen LogP contribution in [0.1, 0.15) is 55.3 Å². The molecule has 1 aromatic heterocycles. The van der Waals surface area contributed by atoms with Crippen LogP contribution in [0.25, 0.3) is 0 Å². The number of nitrogens with one attached hydrogen (secondary N) is 2. The molecule has 2 aromatic carbocycles. The first-order valence-electron chi connectivity index (χ1n) is 10.2. The molecule has 1 aliphatic carbocycles. The van der Waals surface area contributed by atoms with E-state index in [9.17, 15) is 14.4 Å². The Bertz CT molecular complexity index is 1100. The number of amides is 2. The summed E-state index contributed by atoms with van der Waals surface area (Å²) in [6, 6.07) is 19.0. The highest BCUT2D eigenvalue weighted by Gasteiger charge is 2.27. The van der Waals surface area contributed by atoms with Crippen LogP contribution in [0.2, 0.25) is 0 Å². The molecule has 7 heteroatoms. The summed E-state index contributed by atoms with van der Waals surface area (Å²) in [5, 5.41) is 11.6. The largest absolute Gasteiger partial charge is 0.347 e. The minimum atomic E-state index is -0.593. The van der Waals surface area contributed by atoms with Crippen LogP contribution in [-0.2, 0) is 13.1 Å². The first-order chi connectivity index (χ1) is 15.1. The van der Waals surface area contributed by atoms with Crippen molar-refractivity contribution in [2.75, 3.05) is 0 Å². The van der Waals surface area contributed by atoms with Gasteiger partial charge in [0.05, 0.1) is 5.69 Å². The fraction of sp³-hybridized carbons (Fsp3) is 0.208. The predicted octanol–water partition coefficient (Wildman–Crippen LogP) is 3.18. The van der Waals surface area contributed by atoms with Gasteiger partial charge in [-0.2, -0.15) is 0 Å². The van der Waals surface area contributed by atoms with E-state index in [1.165, 1.54) is 0 Å². The number of hydroxylamine groups is 1. The van der Waals surface area contributed by atoms with Crippen molar-refractivity contribution in [2.45, 2.75) is 25.9 Å². The van der Waals surface area contributed by atoms with Gasteiger partial charge in [0, 0.05) is 24.2 Å². The van der Waals surface area contributed by atoms with Crippen LogP contribution in [0.5, 0.6) is 0 Å². The molecule has 0 bridgehead atoms. The van der Waals surface area contributed by atoms with Crippen molar-refractivity contribution in [3.05, 3.63) is 94.8 Å². The van der Waals surface area contributed by atoms with Crippen LogP contribution in [-0.4, -0.2) is 27.4 Å². The third-order valence-corrected chi connectivity index (χ3v) is 5.39. The van der Waals surface area contributed by atoms with Crippen LogP contribution in [0.15, 0.2) is 66.7 Å². The lowest BCUT2D eigenvalue weighted by Gasteiger charge is -2.13. The van der Waals surface area contributed by atoms with E-state index in [4.69, 9.17) is 5.21 Å². The minimum Gasteiger partial charge on any atom is -0.347 e. The van der Waals surface area contributed by atoms with E-state index in [0.717, 1.165) is 18.4 Å². The van der Waals surface area contributed by atoms with Gasteiger partial charge in [0.25, 0.3) is 11.8 Å². The van der Waals surface area contributed by atoms with Gasteiger partial charge in [-0.15, -0.1) is 0 Å². The van der Waals surface area contributed by atoms with Gasteiger partial charge in [-0.05, 0) is 48.6 Å². The molecule has 3 aromatic rings. The molecule has 0 aliphatic heterocycles. The summed E-state index contributed by atoms with van der Waals surface area (Å²) < 4.78 is 1.83. The van der Waals surface area contributed by atoms with Crippen LogP contribution in [0.3, 0.4) is 0 Å². The highest BCUT2D eigenvalue weighted by molar-refractivity contribution is 6.09. The molecule has 3 N–H and O–H groups in total. The Morgan fingerprint density at radius 3 is 2.16 bits per heavy atom. The average Bonchev–Trinajstić information content (AvgIpc) is 3.54. The Balaban J connectivity index is 1.50. The van der Waals surface area contributed by atoms with Crippen molar-refractivity contribution < 1.29 is 19.6 Å². The number of hydrogen-bond donors (Lipinski definition) is 3. The molecule has 4 rings (SSSR count). The van der Waals surface area contributed by atoms with Crippen molar-refractivity contribution in [3.8, 4) is 0 Å². The number of aromatic nitrogens is 1. The van der Waals surface area contributed by atoms with Crippen molar-refractivity contribution in [1.82, 2.24) is 15.4 Å². The summed E-state index contributed by atoms with van der Waals surface area (Å²) in [5.74, 6) is -0.460. The van der Waals surface area contributed by atoms with Gasteiger partial charge in [0.15, 0.2) is 0 Å². The highest BCUT2D eigenvalue weighted by Crippen LogP contribution is 2.32. The van der Waals surface area contributed by atoms with Crippen LogP contribution >= 0.6 is 0 Å². The third-order valence-electron chi connectivity index (χ3n) is 5.39. The lowest BCUT2D eigenvalue weighted by atomic mass is 10.1. The molecule has 0 unspecified atom stereocenters. The molecule has 0 saturated heterocycles. The number of nitrogens with zero attached hydrogens (tertiary/aromatic N) is 1. The van der Waals surface area contributed by atoms with E-state index in [1.807, 2.05) is 22.8 Å². The summed E-state index contributed by atoms with van der Waals surface area (Å²) in [7, 11) is 0. The lowest BCUT2D eigenvalue weighted by molar-refractivity contribution is 0.0706. The average molecular weight is 417 g/mol. The number of carbonyl (C=O) groups excluding carboxylic acids is 3. The van der Waals surface area contributed by atoms with Crippen molar-refractivity contribution >= 4 is 17.6 Å². The quantitative estimate of drug-likeness (QED) is 0.298. The fourth-order valence-electron chi connectivity index (χ4n) is 3.47.